The monoisotopic (exact) mass is 273 g/mol. The Morgan fingerprint density at radius 3 is 2.63 bits per heavy atom. The molecular weight excluding hydrogens is 258 g/mol. The van der Waals surface area contributed by atoms with Crippen LogP contribution in [0.15, 0.2) is 42.5 Å². The first-order valence-corrected chi connectivity index (χ1v) is 6.62. The van der Waals surface area contributed by atoms with Crippen LogP contribution >= 0.6 is 11.6 Å². The zero-order valence-electron chi connectivity index (χ0n) is 11.1. The van der Waals surface area contributed by atoms with Gasteiger partial charge in [0, 0.05) is 22.8 Å². The molecule has 2 nitrogen and oxygen atoms in total. The standard InChI is InChI=1S/C16H16ClNO/c1-3-18(15-6-4-5-12(2)9-15)16-10-14(17)8-7-13(16)11-19/h4-11H,3H2,1-2H3. The number of carbonyl (C=O) groups excluding carboxylic acids is 1. The predicted octanol–water partition coefficient (Wildman–Crippen LogP) is 4.62. The molecule has 0 atom stereocenters. The molecule has 0 saturated carbocycles. The second-order valence-electron chi connectivity index (χ2n) is 4.40. The first kappa shape index (κ1) is 13.6. The van der Waals surface area contributed by atoms with Gasteiger partial charge < -0.3 is 4.90 Å². The number of hydrogen-bond acceptors (Lipinski definition) is 2. The number of carbonyl (C=O) groups is 1. The Bertz CT molecular complexity index is 595. The van der Waals surface area contributed by atoms with Gasteiger partial charge in [-0.25, -0.2) is 0 Å². The van der Waals surface area contributed by atoms with E-state index in [-0.39, 0.29) is 0 Å². The Hall–Kier alpha value is -1.80. The highest BCUT2D eigenvalue weighted by atomic mass is 35.5. The molecule has 0 heterocycles. The molecule has 0 aliphatic carbocycles. The third-order valence-electron chi connectivity index (χ3n) is 3.04. The minimum Gasteiger partial charge on any atom is -0.341 e. The molecule has 0 fully saturated rings. The van der Waals surface area contributed by atoms with Crippen LogP contribution in [0.2, 0.25) is 5.02 Å². The number of benzene rings is 2. The fraction of sp³-hybridized carbons (Fsp3) is 0.188. The first-order valence-electron chi connectivity index (χ1n) is 6.24. The van der Waals surface area contributed by atoms with Gasteiger partial charge in [-0.3, -0.25) is 4.79 Å². The van der Waals surface area contributed by atoms with E-state index in [2.05, 4.69) is 30.9 Å². The second kappa shape index (κ2) is 5.89. The van der Waals surface area contributed by atoms with Crippen LogP contribution in [0.4, 0.5) is 11.4 Å². The minimum atomic E-state index is 0.631. The van der Waals surface area contributed by atoms with Crippen molar-refractivity contribution >= 4 is 29.3 Å². The number of hydrogen-bond donors (Lipinski definition) is 0. The maximum atomic E-state index is 11.2. The van der Waals surface area contributed by atoms with E-state index in [0.717, 1.165) is 24.2 Å². The van der Waals surface area contributed by atoms with E-state index in [1.807, 2.05) is 18.2 Å². The topological polar surface area (TPSA) is 20.3 Å². The molecule has 2 rings (SSSR count). The van der Waals surface area contributed by atoms with E-state index in [9.17, 15) is 4.79 Å². The van der Waals surface area contributed by atoms with E-state index in [1.54, 1.807) is 12.1 Å². The predicted molar refractivity (Wildman–Crippen MR) is 80.7 cm³/mol. The lowest BCUT2D eigenvalue weighted by Gasteiger charge is -2.25. The quantitative estimate of drug-likeness (QED) is 0.758. The summed E-state index contributed by atoms with van der Waals surface area (Å²) in [6.45, 7) is 4.87. The molecule has 0 spiro atoms. The summed E-state index contributed by atoms with van der Waals surface area (Å²) in [6, 6.07) is 13.5. The third-order valence-corrected chi connectivity index (χ3v) is 3.27. The number of halogens is 1. The average molecular weight is 274 g/mol. The van der Waals surface area contributed by atoms with E-state index in [4.69, 9.17) is 11.6 Å². The number of aldehydes is 1. The van der Waals surface area contributed by atoms with Crippen LogP contribution in [-0.4, -0.2) is 12.8 Å². The van der Waals surface area contributed by atoms with Crippen LogP contribution in [0.25, 0.3) is 0 Å². The van der Waals surface area contributed by atoms with Gasteiger partial charge in [0.25, 0.3) is 0 Å². The molecule has 0 saturated heterocycles. The Labute approximate surface area is 118 Å². The molecule has 0 bridgehead atoms. The summed E-state index contributed by atoms with van der Waals surface area (Å²) in [5.74, 6) is 0. The Balaban J connectivity index is 2.53. The summed E-state index contributed by atoms with van der Waals surface area (Å²) in [6.07, 6.45) is 0.865. The zero-order valence-corrected chi connectivity index (χ0v) is 11.8. The summed E-state index contributed by atoms with van der Waals surface area (Å²) in [5, 5.41) is 0.631. The number of rotatable bonds is 4. The van der Waals surface area contributed by atoms with Crippen molar-refractivity contribution in [2.24, 2.45) is 0 Å². The van der Waals surface area contributed by atoms with Gasteiger partial charge in [-0.1, -0.05) is 23.7 Å². The van der Waals surface area contributed by atoms with Gasteiger partial charge in [-0.05, 0) is 49.7 Å². The van der Waals surface area contributed by atoms with Crippen LogP contribution in [-0.2, 0) is 0 Å². The van der Waals surface area contributed by atoms with E-state index < -0.39 is 0 Å². The molecule has 0 aliphatic heterocycles. The summed E-state index contributed by atoms with van der Waals surface area (Å²) >= 11 is 6.05. The largest absolute Gasteiger partial charge is 0.341 e. The van der Waals surface area contributed by atoms with Crippen molar-refractivity contribution in [3.8, 4) is 0 Å². The average Bonchev–Trinajstić information content (AvgIpc) is 2.40. The molecular formula is C16H16ClNO. The fourth-order valence-electron chi connectivity index (χ4n) is 2.14. The highest BCUT2D eigenvalue weighted by molar-refractivity contribution is 6.31. The van der Waals surface area contributed by atoms with Gasteiger partial charge in [0.15, 0.2) is 6.29 Å². The summed E-state index contributed by atoms with van der Waals surface area (Å²) in [4.78, 5) is 13.3. The highest BCUT2D eigenvalue weighted by Crippen LogP contribution is 2.30. The molecule has 0 N–H and O–H groups in total. The molecule has 2 aromatic rings. The Kier molecular flexibility index (Phi) is 4.23. The Morgan fingerprint density at radius 1 is 1.21 bits per heavy atom. The van der Waals surface area contributed by atoms with E-state index >= 15 is 0 Å². The summed E-state index contributed by atoms with van der Waals surface area (Å²) in [5.41, 5.74) is 3.74. The lowest BCUT2D eigenvalue weighted by atomic mass is 10.1. The first-order chi connectivity index (χ1) is 9.15. The maximum absolute atomic E-state index is 11.2. The van der Waals surface area contributed by atoms with Crippen molar-refractivity contribution in [3.05, 3.63) is 58.6 Å². The van der Waals surface area contributed by atoms with Crippen LogP contribution in [0.1, 0.15) is 22.8 Å². The zero-order chi connectivity index (χ0) is 13.8. The van der Waals surface area contributed by atoms with Crippen LogP contribution < -0.4 is 4.90 Å². The molecule has 19 heavy (non-hydrogen) atoms. The van der Waals surface area contributed by atoms with Crippen molar-refractivity contribution in [1.82, 2.24) is 0 Å². The molecule has 0 amide bonds. The van der Waals surface area contributed by atoms with Gasteiger partial charge in [0.1, 0.15) is 0 Å². The molecule has 0 aromatic heterocycles. The fourth-order valence-corrected chi connectivity index (χ4v) is 2.30. The Morgan fingerprint density at radius 2 is 2.00 bits per heavy atom. The number of nitrogens with zero attached hydrogens (tertiary/aromatic N) is 1. The SMILES string of the molecule is CCN(c1cccc(C)c1)c1cc(Cl)ccc1C=O. The molecule has 0 unspecified atom stereocenters. The summed E-state index contributed by atoms with van der Waals surface area (Å²) < 4.78 is 0. The molecule has 98 valence electrons. The molecule has 3 heteroatoms. The number of anilines is 2. The maximum Gasteiger partial charge on any atom is 0.152 e. The van der Waals surface area contributed by atoms with Crippen LogP contribution in [0, 0.1) is 6.92 Å². The second-order valence-corrected chi connectivity index (χ2v) is 4.84. The van der Waals surface area contributed by atoms with E-state index in [0.29, 0.717) is 10.6 Å². The molecule has 0 aliphatic rings. The van der Waals surface area contributed by atoms with Gasteiger partial charge in [-0.2, -0.15) is 0 Å². The van der Waals surface area contributed by atoms with Crippen molar-refractivity contribution in [2.75, 3.05) is 11.4 Å². The van der Waals surface area contributed by atoms with Crippen molar-refractivity contribution in [1.29, 1.82) is 0 Å². The normalized spacial score (nSPS) is 10.3. The molecule has 2 aromatic carbocycles. The smallest absolute Gasteiger partial charge is 0.152 e. The van der Waals surface area contributed by atoms with Gasteiger partial charge >= 0.3 is 0 Å². The lowest BCUT2D eigenvalue weighted by Crippen LogP contribution is -2.17. The van der Waals surface area contributed by atoms with Crippen molar-refractivity contribution in [3.63, 3.8) is 0 Å². The third kappa shape index (κ3) is 2.96. The van der Waals surface area contributed by atoms with E-state index in [1.165, 1.54) is 5.56 Å². The highest BCUT2D eigenvalue weighted by Gasteiger charge is 2.12. The summed E-state index contributed by atoms with van der Waals surface area (Å²) in [7, 11) is 0. The van der Waals surface area contributed by atoms with Crippen LogP contribution in [0.5, 0.6) is 0 Å². The van der Waals surface area contributed by atoms with Crippen molar-refractivity contribution < 1.29 is 4.79 Å². The van der Waals surface area contributed by atoms with Crippen molar-refractivity contribution in [2.45, 2.75) is 13.8 Å². The lowest BCUT2D eigenvalue weighted by molar-refractivity contribution is 0.112. The van der Waals surface area contributed by atoms with Gasteiger partial charge in [0.2, 0.25) is 0 Å². The minimum absolute atomic E-state index is 0.631. The van der Waals surface area contributed by atoms with Gasteiger partial charge in [0.05, 0.1) is 5.69 Å². The molecule has 0 radical (unpaired) electrons. The number of aryl methyl sites for hydroxylation is 1. The van der Waals surface area contributed by atoms with Gasteiger partial charge in [-0.15, -0.1) is 0 Å². The van der Waals surface area contributed by atoms with Crippen LogP contribution in [0.3, 0.4) is 0 Å².